The van der Waals surface area contributed by atoms with Crippen LogP contribution in [0.15, 0.2) is 29.2 Å². The fourth-order valence-electron chi connectivity index (χ4n) is 2.56. The van der Waals surface area contributed by atoms with Crippen molar-refractivity contribution >= 4 is 34.3 Å². The SMILES string of the molecule is CCn1cc(C(=O)NCC(=O)NC2CC2)c(=O)c2cc(Cl)ccc21. The first-order valence-electron chi connectivity index (χ1n) is 7.90. The van der Waals surface area contributed by atoms with E-state index in [1.165, 1.54) is 6.20 Å². The monoisotopic (exact) mass is 347 g/mol. The first-order chi connectivity index (χ1) is 11.5. The molecule has 7 heteroatoms. The van der Waals surface area contributed by atoms with E-state index in [-0.39, 0.29) is 24.1 Å². The standard InChI is InChI=1S/C17H18ClN3O3/c1-2-21-9-13(16(23)12-7-10(18)3-6-14(12)21)17(24)19-8-15(22)20-11-4-5-11/h3,6-7,9,11H,2,4-5,8H2,1H3,(H,19,24)(H,20,22). The number of nitrogens with zero attached hydrogens (tertiary/aromatic N) is 1. The van der Waals surface area contributed by atoms with Crippen LogP contribution in [-0.2, 0) is 11.3 Å². The number of halogens is 1. The summed E-state index contributed by atoms with van der Waals surface area (Å²) in [5.41, 5.74) is 0.332. The molecule has 1 heterocycles. The minimum absolute atomic E-state index is 0.00541. The molecule has 0 atom stereocenters. The number of hydrogen-bond acceptors (Lipinski definition) is 3. The summed E-state index contributed by atoms with van der Waals surface area (Å²) in [7, 11) is 0. The molecule has 0 unspecified atom stereocenters. The van der Waals surface area contributed by atoms with E-state index in [1.54, 1.807) is 18.2 Å². The summed E-state index contributed by atoms with van der Waals surface area (Å²) in [5, 5.41) is 6.11. The first-order valence-corrected chi connectivity index (χ1v) is 8.27. The molecule has 0 spiro atoms. The third-order valence-corrected chi connectivity index (χ3v) is 4.21. The predicted molar refractivity (Wildman–Crippen MR) is 92.4 cm³/mol. The molecule has 0 radical (unpaired) electrons. The van der Waals surface area contributed by atoms with Crippen molar-refractivity contribution in [1.29, 1.82) is 0 Å². The van der Waals surface area contributed by atoms with E-state index in [1.807, 2.05) is 11.5 Å². The lowest BCUT2D eigenvalue weighted by atomic mass is 10.1. The molecule has 24 heavy (non-hydrogen) atoms. The Morgan fingerprint density at radius 3 is 2.75 bits per heavy atom. The molecular formula is C17H18ClN3O3. The van der Waals surface area contributed by atoms with Gasteiger partial charge in [-0.3, -0.25) is 14.4 Å². The molecule has 1 aromatic heterocycles. The van der Waals surface area contributed by atoms with E-state index >= 15 is 0 Å². The van der Waals surface area contributed by atoms with Crippen molar-refractivity contribution in [1.82, 2.24) is 15.2 Å². The van der Waals surface area contributed by atoms with Gasteiger partial charge in [0.1, 0.15) is 5.56 Å². The van der Waals surface area contributed by atoms with E-state index in [0.717, 1.165) is 18.4 Å². The number of aryl methyl sites for hydroxylation is 1. The molecule has 2 amide bonds. The van der Waals surface area contributed by atoms with E-state index in [0.29, 0.717) is 17.0 Å². The largest absolute Gasteiger partial charge is 0.352 e. The van der Waals surface area contributed by atoms with E-state index in [9.17, 15) is 14.4 Å². The maximum atomic E-state index is 12.6. The van der Waals surface area contributed by atoms with Gasteiger partial charge in [0, 0.05) is 29.2 Å². The van der Waals surface area contributed by atoms with Gasteiger partial charge in [0.2, 0.25) is 11.3 Å². The lowest BCUT2D eigenvalue weighted by Gasteiger charge is -2.12. The minimum atomic E-state index is -0.560. The van der Waals surface area contributed by atoms with Gasteiger partial charge >= 0.3 is 0 Å². The van der Waals surface area contributed by atoms with E-state index < -0.39 is 11.3 Å². The zero-order valence-electron chi connectivity index (χ0n) is 13.3. The fourth-order valence-corrected chi connectivity index (χ4v) is 2.73. The van der Waals surface area contributed by atoms with Gasteiger partial charge in [-0.15, -0.1) is 0 Å². The van der Waals surface area contributed by atoms with Gasteiger partial charge in [0.15, 0.2) is 0 Å². The maximum Gasteiger partial charge on any atom is 0.257 e. The summed E-state index contributed by atoms with van der Waals surface area (Å²) in [6.07, 6.45) is 3.48. The van der Waals surface area contributed by atoms with Crippen LogP contribution < -0.4 is 16.1 Å². The van der Waals surface area contributed by atoms with Gasteiger partial charge in [-0.05, 0) is 38.0 Å². The molecule has 3 rings (SSSR count). The Labute approximate surface area is 143 Å². The number of fused-ring (bicyclic) bond motifs is 1. The van der Waals surface area contributed by atoms with Gasteiger partial charge in [0.25, 0.3) is 5.91 Å². The van der Waals surface area contributed by atoms with Crippen molar-refractivity contribution in [3.05, 3.63) is 45.2 Å². The number of benzene rings is 1. The fraction of sp³-hybridized carbons (Fsp3) is 0.353. The van der Waals surface area contributed by atoms with Crippen LogP contribution in [0.25, 0.3) is 10.9 Å². The van der Waals surface area contributed by atoms with Crippen molar-refractivity contribution in [2.75, 3.05) is 6.54 Å². The quantitative estimate of drug-likeness (QED) is 0.863. The zero-order valence-corrected chi connectivity index (χ0v) is 14.0. The van der Waals surface area contributed by atoms with Crippen LogP contribution in [-0.4, -0.2) is 29.0 Å². The van der Waals surface area contributed by atoms with Gasteiger partial charge in [0.05, 0.1) is 12.1 Å². The molecule has 1 saturated carbocycles. The number of carbonyl (C=O) groups excluding carboxylic acids is 2. The number of amides is 2. The number of hydrogen-bond donors (Lipinski definition) is 2. The molecule has 1 aromatic carbocycles. The normalized spacial score (nSPS) is 13.8. The van der Waals surface area contributed by atoms with Crippen molar-refractivity contribution in [3.8, 4) is 0 Å². The number of aromatic nitrogens is 1. The highest BCUT2D eigenvalue weighted by Gasteiger charge is 2.23. The van der Waals surface area contributed by atoms with Crippen LogP contribution in [0.5, 0.6) is 0 Å². The second-order valence-corrected chi connectivity index (χ2v) is 6.28. The summed E-state index contributed by atoms with van der Waals surface area (Å²) >= 11 is 5.97. The molecule has 1 fully saturated rings. The first kappa shape index (κ1) is 16.5. The predicted octanol–water partition coefficient (Wildman–Crippen LogP) is 1.68. The van der Waals surface area contributed by atoms with Crippen molar-refractivity contribution in [2.45, 2.75) is 32.4 Å². The summed E-state index contributed by atoms with van der Waals surface area (Å²) < 4.78 is 1.81. The minimum Gasteiger partial charge on any atom is -0.352 e. The summed E-state index contributed by atoms with van der Waals surface area (Å²) in [5.74, 6) is -0.805. The Hall–Kier alpha value is -2.34. The van der Waals surface area contributed by atoms with E-state index in [4.69, 9.17) is 11.6 Å². The highest BCUT2D eigenvalue weighted by molar-refractivity contribution is 6.31. The van der Waals surface area contributed by atoms with Crippen LogP contribution in [0.2, 0.25) is 5.02 Å². The van der Waals surface area contributed by atoms with Gasteiger partial charge in [-0.1, -0.05) is 11.6 Å². The second-order valence-electron chi connectivity index (χ2n) is 5.84. The summed E-state index contributed by atoms with van der Waals surface area (Å²) in [6, 6.07) is 5.25. The van der Waals surface area contributed by atoms with Crippen LogP contribution in [0, 0.1) is 0 Å². The summed E-state index contributed by atoms with van der Waals surface area (Å²) in [4.78, 5) is 36.6. The van der Waals surface area contributed by atoms with E-state index in [2.05, 4.69) is 10.6 Å². The molecule has 2 N–H and O–H groups in total. The lowest BCUT2D eigenvalue weighted by molar-refractivity contribution is -0.120. The molecule has 0 aliphatic heterocycles. The number of carbonyl (C=O) groups is 2. The third kappa shape index (κ3) is 3.43. The lowest BCUT2D eigenvalue weighted by Crippen LogP contribution is -2.39. The topological polar surface area (TPSA) is 80.2 Å². The maximum absolute atomic E-state index is 12.6. The second kappa shape index (κ2) is 6.65. The Bertz CT molecular complexity index is 871. The molecule has 2 aromatic rings. The molecule has 0 saturated heterocycles. The molecule has 1 aliphatic carbocycles. The van der Waals surface area contributed by atoms with Crippen LogP contribution >= 0.6 is 11.6 Å². The van der Waals surface area contributed by atoms with Gasteiger partial charge in [-0.25, -0.2) is 0 Å². The van der Waals surface area contributed by atoms with Crippen LogP contribution in [0.4, 0.5) is 0 Å². The zero-order chi connectivity index (χ0) is 17.3. The molecule has 126 valence electrons. The van der Waals surface area contributed by atoms with Gasteiger partial charge < -0.3 is 15.2 Å². The van der Waals surface area contributed by atoms with Crippen molar-refractivity contribution in [2.24, 2.45) is 0 Å². The highest BCUT2D eigenvalue weighted by atomic mass is 35.5. The van der Waals surface area contributed by atoms with Crippen molar-refractivity contribution < 1.29 is 9.59 Å². The Kier molecular flexibility index (Phi) is 4.57. The van der Waals surface area contributed by atoms with Gasteiger partial charge in [-0.2, -0.15) is 0 Å². The van der Waals surface area contributed by atoms with Crippen molar-refractivity contribution in [3.63, 3.8) is 0 Å². The third-order valence-electron chi connectivity index (χ3n) is 3.98. The smallest absolute Gasteiger partial charge is 0.257 e. The van der Waals surface area contributed by atoms with Crippen LogP contribution in [0.1, 0.15) is 30.1 Å². The number of nitrogens with one attached hydrogen (secondary N) is 2. The molecule has 1 aliphatic rings. The average Bonchev–Trinajstić information content (AvgIpc) is 3.37. The Morgan fingerprint density at radius 1 is 1.33 bits per heavy atom. The highest BCUT2D eigenvalue weighted by Crippen LogP contribution is 2.18. The van der Waals surface area contributed by atoms with Crippen LogP contribution in [0.3, 0.4) is 0 Å². The summed E-state index contributed by atoms with van der Waals surface area (Å²) in [6.45, 7) is 2.37. The molecular weight excluding hydrogens is 330 g/mol. The number of rotatable bonds is 5. The molecule has 6 nitrogen and oxygen atoms in total. The molecule has 0 bridgehead atoms. The Morgan fingerprint density at radius 2 is 2.08 bits per heavy atom. The number of pyridine rings is 1. The Balaban J connectivity index is 1.87. The average molecular weight is 348 g/mol.